The van der Waals surface area contributed by atoms with Crippen molar-refractivity contribution >= 4 is 5.78 Å². The van der Waals surface area contributed by atoms with Crippen LogP contribution in [-0.2, 0) is 4.79 Å². The summed E-state index contributed by atoms with van der Waals surface area (Å²) in [4.78, 5) is 11.9. The summed E-state index contributed by atoms with van der Waals surface area (Å²) in [5.41, 5.74) is 4.64. The molecular formula is C24H36O2. The number of hydrogen-bond acceptors (Lipinski definition) is 2. The van der Waals surface area contributed by atoms with Crippen LogP contribution in [0.1, 0.15) is 78.6 Å². The van der Waals surface area contributed by atoms with Gasteiger partial charge in [0.2, 0.25) is 0 Å². The molecule has 0 spiro atoms. The van der Waals surface area contributed by atoms with Gasteiger partial charge in [0.15, 0.2) is 5.78 Å². The van der Waals surface area contributed by atoms with Gasteiger partial charge in [-0.3, -0.25) is 4.79 Å². The van der Waals surface area contributed by atoms with Crippen LogP contribution in [0.15, 0.2) is 35.5 Å². The van der Waals surface area contributed by atoms with E-state index >= 15 is 0 Å². The molecule has 144 valence electrons. The molecule has 0 aromatic carbocycles. The van der Waals surface area contributed by atoms with E-state index in [0.29, 0.717) is 30.0 Å². The van der Waals surface area contributed by atoms with Crippen molar-refractivity contribution in [1.82, 2.24) is 0 Å². The van der Waals surface area contributed by atoms with Crippen molar-refractivity contribution in [2.45, 2.75) is 84.7 Å². The standard InChI is InChI=1S/C22H30O2.C2H6/c1-3-4-5-15-13-22(2)19(10-11-20(22)24)18-8-6-14-12-16(23)7-9-17(14)21(15)18;1-2/h3,12,15,18-20,24H,1,4-11,13H2,2H3;1-2H3/t15?,18?,19?,20?,22-;/m0./s1. The van der Waals surface area contributed by atoms with Crippen LogP contribution < -0.4 is 0 Å². The summed E-state index contributed by atoms with van der Waals surface area (Å²) in [5, 5.41) is 10.7. The molecule has 0 aromatic heterocycles. The van der Waals surface area contributed by atoms with E-state index in [1.807, 2.05) is 26.0 Å². The summed E-state index contributed by atoms with van der Waals surface area (Å²) in [6, 6.07) is 0. The molecule has 2 nitrogen and oxygen atoms in total. The summed E-state index contributed by atoms with van der Waals surface area (Å²) >= 11 is 0. The van der Waals surface area contributed by atoms with Gasteiger partial charge in [-0.05, 0) is 91.8 Å². The van der Waals surface area contributed by atoms with Gasteiger partial charge in [-0.1, -0.05) is 32.4 Å². The van der Waals surface area contributed by atoms with Gasteiger partial charge in [0, 0.05) is 6.42 Å². The van der Waals surface area contributed by atoms with Crippen LogP contribution in [0.2, 0.25) is 0 Å². The van der Waals surface area contributed by atoms with Crippen LogP contribution in [-0.4, -0.2) is 17.0 Å². The number of allylic oxidation sites excluding steroid dienone is 5. The molecule has 0 aromatic rings. The number of fused-ring (bicyclic) bond motifs is 4. The molecule has 0 aliphatic heterocycles. The smallest absolute Gasteiger partial charge is 0.156 e. The number of rotatable bonds is 3. The Morgan fingerprint density at radius 1 is 1.23 bits per heavy atom. The summed E-state index contributed by atoms with van der Waals surface area (Å²) in [6.07, 6.45) is 13.2. The Kier molecular flexibility index (Phi) is 5.91. The van der Waals surface area contributed by atoms with Crippen molar-refractivity contribution in [1.29, 1.82) is 0 Å². The minimum Gasteiger partial charge on any atom is -0.393 e. The van der Waals surface area contributed by atoms with E-state index in [0.717, 1.165) is 38.5 Å². The lowest BCUT2D eigenvalue weighted by molar-refractivity contribution is -0.114. The summed E-state index contributed by atoms with van der Waals surface area (Å²) in [5.74, 6) is 2.14. The molecule has 26 heavy (non-hydrogen) atoms. The first-order valence-corrected chi connectivity index (χ1v) is 10.8. The van der Waals surface area contributed by atoms with E-state index in [9.17, 15) is 9.90 Å². The molecule has 4 unspecified atom stereocenters. The minimum absolute atomic E-state index is 0.0896. The lowest BCUT2D eigenvalue weighted by atomic mass is 9.53. The predicted molar refractivity (Wildman–Crippen MR) is 108 cm³/mol. The summed E-state index contributed by atoms with van der Waals surface area (Å²) in [7, 11) is 0. The first kappa shape index (κ1) is 19.6. The highest BCUT2D eigenvalue weighted by Gasteiger charge is 2.55. The maximum Gasteiger partial charge on any atom is 0.156 e. The third-order valence-corrected chi connectivity index (χ3v) is 7.51. The number of carbonyl (C=O) groups excluding carboxylic acids is 1. The number of hydrogen-bond donors (Lipinski definition) is 1. The Morgan fingerprint density at radius 2 is 2.00 bits per heavy atom. The van der Waals surface area contributed by atoms with E-state index in [-0.39, 0.29) is 11.5 Å². The maximum atomic E-state index is 11.9. The van der Waals surface area contributed by atoms with Gasteiger partial charge in [-0.2, -0.15) is 0 Å². The number of aliphatic hydroxyl groups excluding tert-OH is 1. The summed E-state index contributed by atoms with van der Waals surface area (Å²) in [6.45, 7) is 10.3. The van der Waals surface area contributed by atoms with Crippen LogP contribution in [0.5, 0.6) is 0 Å². The van der Waals surface area contributed by atoms with E-state index in [2.05, 4.69) is 13.5 Å². The molecule has 4 rings (SSSR count). The molecule has 2 saturated carbocycles. The van der Waals surface area contributed by atoms with Crippen molar-refractivity contribution in [3.05, 3.63) is 35.5 Å². The van der Waals surface area contributed by atoms with Crippen molar-refractivity contribution in [2.24, 2.45) is 23.2 Å². The molecule has 0 radical (unpaired) electrons. The fraction of sp³-hybridized carbons (Fsp3) is 0.708. The highest BCUT2D eigenvalue weighted by molar-refractivity contribution is 5.93. The monoisotopic (exact) mass is 356 g/mol. The second-order valence-electron chi connectivity index (χ2n) is 8.69. The second kappa shape index (κ2) is 7.84. The Morgan fingerprint density at radius 3 is 2.73 bits per heavy atom. The van der Waals surface area contributed by atoms with Crippen molar-refractivity contribution in [2.75, 3.05) is 0 Å². The predicted octanol–water partition coefficient (Wildman–Crippen LogP) is 5.77. The minimum atomic E-state index is -0.134. The third kappa shape index (κ3) is 3.15. The second-order valence-corrected chi connectivity index (χ2v) is 8.69. The Labute approximate surface area is 159 Å². The lowest BCUT2D eigenvalue weighted by Crippen LogP contribution is -2.45. The zero-order valence-corrected chi connectivity index (χ0v) is 16.9. The average Bonchev–Trinajstić information content (AvgIpc) is 2.95. The Hall–Kier alpha value is -1.15. The van der Waals surface area contributed by atoms with Crippen molar-refractivity contribution in [3.8, 4) is 0 Å². The molecular weight excluding hydrogens is 320 g/mol. The quantitative estimate of drug-likeness (QED) is 0.652. The first-order valence-electron chi connectivity index (χ1n) is 10.8. The van der Waals surface area contributed by atoms with Crippen LogP contribution in [0.4, 0.5) is 0 Å². The number of aliphatic hydroxyl groups is 1. The number of carbonyl (C=O) groups is 1. The highest BCUT2D eigenvalue weighted by Crippen LogP contribution is 2.62. The van der Waals surface area contributed by atoms with Gasteiger partial charge in [0.25, 0.3) is 0 Å². The van der Waals surface area contributed by atoms with E-state index in [1.165, 1.54) is 24.0 Å². The van der Waals surface area contributed by atoms with Crippen molar-refractivity contribution in [3.63, 3.8) is 0 Å². The Balaban J connectivity index is 0.000000948. The fourth-order valence-corrected chi connectivity index (χ4v) is 6.38. The van der Waals surface area contributed by atoms with E-state index in [4.69, 9.17) is 0 Å². The largest absolute Gasteiger partial charge is 0.393 e. The van der Waals surface area contributed by atoms with Crippen molar-refractivity contribution < 1.29 is 9.90 Å². The first-order chi connectivity index (χ1) is 12.5. The van der Waals surface area contributed by atoms with Crippen LogP contribution in [0.25, 0.3) is 0 Å². The molecule has 4 aliphatic carbocycles. The molecule has 2 fully saturated rings. The van der Waals surface area contributed by atoms with Crippen LogP contribution in [0, 0.1) is 23.2 Å². The maximum absolute atomic E-state index is 11.9. The Bertz CT molecular complexity index is 626. The SMILES string of the molecule is C=CCCC1C[C@]2(C)C(O)CCC2C2CCC3=CC(=O)CCC3=C12.CC. The van der Waals surface area contributed by atoms with Gasteiger partial charge >= 0.3 is 0 Å². The van der Waals surface area contributed by atoms with Crippen LogP contribution >= 0.6 is 0 Å². The summed E-state index contributed by atoms with van der Waals surface area (Å²) < 4.78 is 0. The van der Waals surface area contributed by atoms with Gasteiger partial charge in [0.1, 0.15) is 0 Å². The molecule has 2 heteroatoms. The molecule has 0 saturated heterocycles. The molecule has 0 bridgehead atoms. The third-order valence-electron chi connectivity index (χ3n) is 7.51. The fourth-order valence-electron chi connectivity index (χ4n) is 6.38. The number of ketones is 1. The van der Waals surface area contributed by atoms with Gasteiger partial charge in [0.05, 0.1) is 6.10 Å². The molecule has 0 amide bonds. The highest BCUT2D eigenvalue weighted by atomic mass is 16.3. The molecule has 5 atom stereocenters. The molecule has 4 aliphatic rings. The van der Waals surface area contributed by atoms with Gasteiger partial charge < -0.3 is 5.11 Å². The average molecular weight is 357 g/mol. The molecule has 0 heterocycles. The van der Waals surface area contributed by atoms with Gasteiger partial charge in [-0.25, -0.2) is 0 Å². The van der Waals surface area contributed by atoms with Gasteiger partial charge in [-0.15, -0.1) is 6.58 Å². The topological polar surface area (TPSA) is 37.3 Å². The zero-order valence-electron chi connectivity index (χ0n) is 16.9. The normalized spacial score (nSPS) is 38.5. The van der Waals surface area contributed by atoms with Crippen LogP contribution in [0.3, 0.4) is 0 Å². The van der Waals surface area contributed by atoms with E-state index in [1.54, 1.807) is 5.57 Å². The lowest BCUT2D eigenvalue weighted by Gasteiger charge is -2.52. The molecule has 1 N–H and O–H groups in total. The van der Waals surface area contributed by atoms with E-state index < -0.39 is 0 Å². The zero-order chi connectivity index (χ0) is 18.9.